The first-order valence-electron chi connectivity index (χ1n) is 8.52. The molecule has 8 nitrogen and oxygen atoms in total. The fraction of sp³-hybridized carbons (Fsp3) is 0.529. The largest absolute Gasteiger partial charge is 0.502 e. The molecule has 3 N–H and O–H groups in total. The summed E-state index contributed by atoms with van der Waals surface area (Å²) in [6.07, 6.45) is 2.78. The van der Waals surface area contributed by atoms with Crippen molar-refractivity contribution in [3.05, 3.63) is 35.2 Å². The van der Waals surface area contributed by atoms with E-state index >= 15 is 0 Å². The number of amides is 2. The molecule has 0 saturated carbocycles. The molecule has 1 aliphatic heterocycles. The number of carbonyl (C=O) groups excluding carboxylic acids is 1. The van der Waals surface area contributed by atoms with Crippen molar-refractivity contribution in [2.24, 2.45) is 5.14 Å². The number of urea groups is 1. The van der Waals surface area contributed by atoms with Crippen LogP contribution in [0.15, 0.2) is 18.2 Å². The third kappa shape index (κ3) is 5.34. The molecule has 1 saturated heterocycles. The quantitative estimate of drug-likeness (QED) is 0.736. The lowest BCUT2D eigenvalue weighted by atomic mass is 10.0. The number of ether oxygens (including phenoxy) is 1. The maximum absolute atomic E-state index is 12.2. The number of para-hydroxylation sites is 1. The van der Waals surface area contributed by atoms with Crippen molar-refractivity contribution in [1.29, 1.82) is 0 Å². The Bertz CT molecular complexity index is 788. The van der Waals surface area contributed by atoms with Crippen LogP contribution in [0.3, 0.4) is 0 Å². The van der Waals surface area contributed by atoms with Gasteiger partial charge in [0, 0.05) is 13.1 Å². The fourth-order valence-corrected chi connectivity index (χ4v) is 3.69. The zero-order valence-electron chi connectivity index (χ0n) is 14.8. The normalized spacial score (nSPS) is 17.4. The van der Waals surface area contributed by atoms with Gasteiger partial charge in [-0.15, -0.1) is 0 Å². The monoisotopic (exact) mass is 380 g/mol. The molecule has 0 bridgehead atoms. The Balaban J connectivity index is 2.14. The summed E-state index contributed by atoms with van der Waals surface area (Å²) in [6.45, 7) is 10.7. The first kappa shape index (κ1) is 20.0. The van der Waals surface area contributed by atoms with Crippen molar-refractivity contribution >= 4 is 21.7 Å². The van der Waals surface area contributed by atoms with Crippen molar-refractivity contribution in [3.63, 3.8) is 0 Å². The second kappa shape index (κ2) is 8.87. The lowest BCUT2D eigenvalue weighted by Crippen LogP contribution is -2.50. The summed E-state index contributed by atoms with van der Waals surface area (Å²) in [5.41, 5.74) is 0.450. The molecule has 1 aliphatic rings. The zero-order chi connectivity index (χ0) is 19.2. The SMILES string of the molecule is [C-]#[N+]c1c(CS(N)(=O)=O)cccc1OCC1CCCCN1C(=O)NCC. The maximum atomic E-state index is 12.2. The van der Waals surface area contributed by atoms with Crippen LogP contribution in [0.2, 0.25) is 0 Å². The predicted molar refractivity (Wildman–Crippen MR) is 98.4 cm³/mol. The molecule has 1 unspecified atom stereocenters. The van der Waals surface area contributed by atoms with Gasteiger partial charge in [0.25, 0.3) is 0 Å². The molecular weight excluding hydrogens is 356 g/mol. The Labute approximate surface area is 154 Å². The van der Waals surface area contributed by atoms with E-state index in [2.05, 4.69) is 10.2 Å². The van der Waals surface area contributed by atoms with E-state index in [1.54, 1.807) is 23.1 Å². The van der Waals surface area contributed by atoms with Crippen molar-refractivity contribution in [1.82, 2.24) is 10.2 Å². The predicted octanol–water partition coefficient (Wildman–Crippen LogP) is 1.99. The van der Waals surface area contributed by atoms with E-state index in [0.29, 0.717) is 24.4 Å². The summed E-state index contributed by atoms with van der Waals surface area (Å²) in [6, 6.07) is 4.60. The number of benzene rings is 1. The van der Waals surface area contributed by atoms with Gasteiger partial charge in [0.05, 0.1) is 18.4 Å². The highest BCUT2D eigenvalue weighted by atomic mass is 32.2. The number of nitrogens with one attached hydrogen (secondary N) is 1. The van der Waals surface area contributed by atoms with Gasteiger partial charge in [-0.1, -0.05) is 12.1 Å². The van der Waals surface area contributed by atoms with Crippen LogP contribution in [-0.2, 0) is 15.8 Å². The van der Waals surface area contributed by atoms with E-state index in [4.69, 9.17) is 16.4 Å². The van der Waals surface area contributed by atoms with Crippen LogP contribution in [0.4, 0.5) is 10.5 Å². The van der Waals surface area contributed by atoms with Crippen molar-refractivity contribution in [2.75, 3.05) is 19.7 Å². The number of rotatable bonds is 6. The van der Waals surface area contributed by atoms with E-state index < -0.39 is 15.8 Å². The van der Waals surface area contributed by atoms with E-state index in [1.165, 1.54) is 0 Å². The van der Waals surface area contributed by atoms with Gasteiger partial charge in [0.2, 0.25) is 15.7 Å². The lowest BCUT2D eigenvalue weighted by Gasteiger charge is -2.35. The smallest absolute Gasteiger partial charge is 0.317 e. The first-order chi connectivity index (χ1) is 12.4. The number of sulfonamides is 1. The highest BCUT2D eigenvalue weighted by molar-refractivity contribution is 7.88. The average Bonchev–Trinajstić information content (AvgIpc) is 2.59. The summed E-state index contributed by atoms with van der Waals surface area (Å²) >= 11 is 0. The summed E-state index contributed by atoms with van der Waals surface area (Å²) in [5, 5.41) is 7.89. The molecule has 0 radical (unpaired) electrons. The molecule has 1 aromatic rings. The standard InChI is InChI=1S/C17H24N4O4S/c1-3-20-17(22)21-10-5-4-8-14(21)11-25-15-9-6-7-13(16(15)19-2)12-26(18,23)24/h6-7,9,14H,3-5,8,10-12H2,1H3,(H,20,22)(H2,18,23,24). The van der Waals surface area contributed by atoms with Crippen LogP contribution in [0, 0.1) is 6.57 Å². The maximum Gasteiger partial charge on any atom is 0.317 e. The van der Waals surface area contributed by atoms with Gasteiger partial charge >= 0.3 is 6.03 Å². The van der Waals surface area contributed by atoms with Gasteiger partial charge in [-0.05, 0) is 37.8 Å². The third-order valence-corrected chi connectivity index (χ3v) is 4.91. The zero-order valence-corrected chi connectivity index (χ0v) is 15.6. The highest BCUT2D eigenvalue weighted by Gasteiger charge is 2.27. The number of nitrogens with zero attached hydrogens (tertiary/aromatic N) is 2. The van der Waals surface area contributed by atoms with Gasteiger partial charge in [-0.25, -0.2) is 23.2 Å². The minimum atomic E-state index is -3.75. The molecule has 1 heterocycles. The Morgan fingerprint density at radius 2 is 2.23 bits per heavy atom. The van der Waals surface area contributed by atoms with Crippen LogP contribution in [0.25, 0.3) is 4.85 Å². The minimum absolute atomic E-state index is 0.0872. The molecular formula is C17H24N4O4S. The van der Waals surface area contributed by atoms with Crippen LogP contribution in [-0.4, -0.2) is 45.1 Å². The first-order valence-corrected chi connectivity index (χ1v) is 10.2. The Kier molecular flexibility index (Phi) is 6.83. The summed E-state index contributed by atoms with van der Waals surface area (Å²) in [5.74, 6) is -0.112. The van der Waals surface area contributed by atoms with E-state index in [1.807, 2.05) is 6.92 Å². The van der Waals surface area contributed by atoms with Gasteiger partial charge in [0.1, 0.15) is 12.4 Å². The van der Waals surface area contributed by atoms with E-state index in [9.17, 15) is 13.2 Å². The molecule has 1 fully saturated rings. The van der Waals surface area contributed by atoms with E-state index in [0.717, 1.165) is 19.3 Å². The van der Waals surface area contributed by atoms with Crippen LogP contribution in [0.1, 0.15) is 31.7 Å². The fourth-order valence-electron chi connectivity index (χ4n) is 3.02. The second-order valence-electron chi connectivity index (χ2n) is 6.17. The van der Waals surface area contributed by atoms with Crippen LogP contribution in [0.5, 0.6) is 5.75 Å². The number of carbonyl (C=O) groups is 1. The average molecular weight is 380 g/mol. The highest BCUT2D eigenvalue weighted by Crippen LogP contribution is 2.33. The van der Waals surface area contributed by atoms with Gasteiger partial charge in [-0.3, -0.25) is 0 Å². The molecule has 0 aromatic heterocycles. The Morgan fingerprint density at radius 1 is 1.46 bits per heavy atom. The lowest BCUT2D eigenvalue weighted by molar-refractivity contribution is 0.117. The van der Waals surface area contributed by atoms with Gasteiger partial charge in [-0.2, -0.15) is 0 Å². The second-order valence-corrected chi connectivity index (χ2v) is 7.79. The number of hydrogen-bond donors (Lipinski definition) is 2. The number of nitrogens with two attached hydrogens (primary N) is 1. The van der Waals surface area contributed by atoms with Crippen molar-refractivity contribution < 1.29 is 17.9 Å². The van der Waals surface area contributed by atoms with Gasteiger partial charge < -0.3 is 15.0 Å². The van der Waals surface area contributed by atoms with Crippen LogP contribution >= 0.6 is 0 Å². The Morgan fingerprint density at radius 3 is 2.88 bits per heavy atom. The molecule has 142 valence electrons. The van der Waals surface area contributed by atoms with Gasteiger partial charge in [0.15, 0.2) is 0 Å². The molecule has 26 heavy (non-hydrogen) atoms. The third-order valence-electron chi connectivity index (χ3n) is 4.20. The van der Waals surface area contributed by atoms with Crippen molar-refractivity contribution in [2.45, 2.75) is 38.0 Å². The van der Waals surface area contributed by atoms with Crippen LogP contribution < -0.4 is 15.2 Å². The number of likely N-dealkylation sites (tertiary alicyclic amines) is 1. The molecule has 2 rings (SSSR count). The Hall–Kier alpha value is -2.31. The molecule has 2 amide bonds. The summed E-state index contributed by atoms with van der Waals surface area (Å²) in [7, 11) is -3.75. The number of hydrogen-bond acceptors (Lipinski definition) is 4. The number of piperidine rings is 1. The molecule has 0 aliphatic carbocycles. The minimum Gasteiger partial charge on any atom is -0.502 e. The molecule has 0 spiro atoms. The van der Waals surface area contributed by atoms with Crippen molar-refractivity contribution in [3.8, 4) is 5.75 Å². The molecule has 1 atom stereocenters. The molecule has 1 aromatic carbocycles. The molecule has 9 heteroatoms. The topological polar surface area (TPSA) is 106 Å². The summed E-state index contributed by atoms with van der Waals surface area (Å²) in [4.78, 5) is 17.4. The number of primary sulfonamides is 1. The summed E-state index contributed by atoms with van der Waals surface area (Å²) < 4.78 is 28.5. The van der Waals surface area contributed by atoms with E-state index in [-0.39, 0.29) is 24.4 Å².